The van der Waals surface area contributed by atoms with E-state index >= 15 is 0 Å². The van der Waals surface area contributed by atoms with Crippen molar-refractivity contribution < 1.29 is 0 Å². The molecular formula is C13H13Cl2N3. The summed E-state index contributed by atoms with van der Waals surface area (Å²) in [6.07, 6.45) is 5.92. The number of nitrogens with zero attached hydrogens (tertiary/aromatic N) is 2. The zero-order chi connectivity index (χ0) is 12.5. The molecule has 0 unspecified atom stereocenters. The molecule has 1 N–H and O–H groups in total. The predicted octanol–water partition coefficient (Wildman–Crippen LogP) is 3.43. The highest BCUT2D eigenvalue weighted by Gasteiger charge is 2.20. The first-order valence-corrected chi connectivity index (χ1v) is 6.70. The minimum atomic E-state index is 0.602. The van der Waals surface area contributed by atoms with Crippen molar-refractivity contribution >= 4 is 23.2 Å². The van der Waals surface area contributed by atoms with Crippen LogP contribution in [0.1, 0.15) is 18.4 Å². The van der Waals surface area contributed by atoms with Crippen LogP contribution < -0.4 is 5.32 Å². The Kier molecular flexibility index (Phi) is 3.29. The van der Waals surface area contributed by atoms with Crippen LogP contribution in [0.2, 0.25) is 10.0 Å². The van der Waals surface area contributed by atoms with Crippen molar-refractivity contribution in [2.24, 2.45) is 0 Å². The van der Waals surface area contributed by atoms with Gasteiger partial charge in [-0.15, -0.1) is 0 Å². The minimum Gasteiger partial charge on any atom is -0.310 e. The van der Waals surface area contributed by atoms with Gasteiger partial charge in [0.2, 0.25) is 0 Å². The standard InChI is InChI=1S/C13H13Cl2N3/c14-10-7-17-18(8-10)13-4-1-9(5-12(13)15)6-16-11-2-3-11/h1,4-5,7-8,11,16H,2-3,6H2. The van der Waals surface area contributed by atoms with Crippen LogP contribution in [0.25, 0.3) is 5.69 Å². The lowest BCUT2D eigenvalue weighted by atomic mass is 10.2. The number of hydrogen-bond acceptors (Lipinski definition) is 2. The van der Waals surface area contributed by atoms with Crippen molar-refractivity contribution in [3.05, 3.63) is 46.2 Å². The molecular weight excluding hydrogens is 269 g/mol. The lowest BCUT2D eigenvalue weighted by Crippen LogP contribution is -2.15. The summed E-state index contributed by atoms with van der Waals surface area (Å²) in [5.74, 6) is 0. The molecule has 0 spiro atoms. The molecule has 1 aliphatic rings. The molecule has 3 nitrogen and oxygen atoms in total. The van der Waals surface area contributed by atoms with Gasteiger partial charge >= 0.3 is 0 Å². The van der Waals surface area contributed by atoms with Crippen LogP contribution in [-0.4, -0.2) is 15.8 Å². The van der Waals surface area contributed by atoms with Crippen LogP contribution >= 0.6 is 23.2 Å². The summed E-state index contributed by atoms with van der Waals surface area (Å²) in [5, 5.41) is 8.89. The molecule has 1 saturated carbocycles. The first-order valence-electron chi connectivity index (χ1n) is 5.95. The van der Waals surface area contributed by atoms with Crippen molar-refractivity contribution in [2.75, 3.05) is 0 Å². The first-order chi connectivity index (χ1) is 8.72. The molecule has 2 aromatic rings. The lowest BCUT2D eigenvalue weighted by Gasteiger charge is -2.08. The molecule has 0 radical (unpaired) electrons. The molecule has 1 fully saturated rings. The average Bonchev–Trinajstić information content (AvgIpc) is 3.09. The van der Waals surface area contributed by atoms with Gasteiger partial charge in [-0.2, -0.15) is 5.10 Å². The van der Waals surface area contributed by atoms with E-state index < -0.39 is 0 Å². The lowest BCUT2D eigenvalue weighted by molar-refractivity contribution is 0.687. The molecule has 1 aliphatic carbocycles. The minimum absolute atomic E-state index is 0.602. The fourth-order valence-electron chi connectivity index (χ4n) is 1.83. The predicted molar refractivity (Wildman–Crippen MR) is 73.4 cm³/mol. The fraction of sp³-hybridized carbons (Fsp3) is 0.308. The number of benzene rings is 1. The Balaban J connectivity index is 1.79. The van der Waals surface area contributed by atoms with Crippen LogP contribution in [0.4, 0.5) is 0 Å². The van der Waals surface area contributed by atoms with E-state index in [0.717, 1.165) is 12.2 Å². The Bertz CT molecular complexity index is 561. The van der Waals surface area contributed by atoms with Crippen molar-refractivity contribution in [3.8, 4) is 5.69 Å². The summed E-state index contributed by atoms with van der Waals surface area (Å²) in [4.78, 5) is 0. The van der Waals surface area contributed by atoms with E-state index in [1.165, 1.54) is 18.4 Å². The van der Waals surface area contributed by atoms with Gasteiger partial charge in [-0.3, -0.25) is 0 Å². The maximum absolute atomic E-state index is 6.27. The van der Waals surface area contributed by atoms with E-state index in [1.54, 1.807) is 17.1 Å². The molecule has 18 heavy (non-hydrogen) atoms. The zero-order valence-corrected chi connectivity index (χ0v) is 11.2. The van der Waals surface area contributed by atoms with Gasteiger partial charge in [0.25, 0.3) is 0 Å². The Labute approximate surface area is 116 Å². The SMILES string of the molecule is Clc1cnn(-c2ccc(CNC3CC3)cc2Cl)c1. The Morgan fingerprint density at radius 2 is 2.17 bits per heavy atom. The maximum Gasteiger partial charge on any atom is 0.0832 e. The van der Waals surface area contributed by atoms with Gasteiger partial charge in [-0.1, -0.05) is 29.3 Å². The third-order valence-electron chi connectivity index (χ3n) is 2.98. The van der Waals surface area contributed by atoms with Crippen molar-refractivity contribution in [1.82, 2.24) is 15.1 Å². The van der Waals surface area contributed by atoms with Crippen LogP contribution in [0.5, 0.6) is 0 Å². The number of aromatic nitrogens is 2. The quantitative estimate of drug-likeness (QED) is 0.931. The Morgan fingerprint density at radius 3 is 2.78 bits per heavy atom. The van der Waals surface area contributed by atoms with Crippen molar-refractivity contribution in [3.63, 3.8) is 0 Å². The van der Waals surface area contributed by atoms with Gasteiger partial charge in [-0.05, 0) is 30.5 Å². The topological polar surface area (TPSA) is 29.9 Å². The summed E-state index contributed by atoms with van der Waals surface area (Å²) in [6, 6.07) is 6.71. The number of nitrogens with one attached hydrogen (secondary N) is 1. The Morgan fingerprint density at radius 1 is 1.33 bits per heavy atom. The number of rotatable bonds is 4. The highest BCUT2D eigenvalue weighted by molar-refractivity contribution is 6.32. The second-order valence-electron chi connectivity index (χ2n) is 4.54. The maximum atomic E-state index is 6.27. The summed E-state index contributed by atoms with van der Waals surface area (Å²) in [5.41, 5.74) is 2.03. The van der Waals surface area contributed by atoms with Gasteiger partial charge < -0.3 is 5.32 Å². The summed E-state index contributed by atoms with van der Waals surface area (Å²) in [6.45, 7) is 0.866. The molecule has 5 heteroatoms. The van der Waals surface area contributed by atoms with Gasteiger partial charge in [0.05, 0.1) is 21.9 Å². The van der Waals surface area contributed by atoms with Gasteiger partial charge in [-0.25, -0.2) is 4.68 Å². The molecule has 0 aliphatic heterocycles. The zero-order valence-electron chi connectivity index (χ0n) is 9.74. The average molecular weight is 282 g/mol. The van der Waals surface area contributed by atoms with Gasteiger partial charge in [0.1, 0.15) is 0 Å². The van der Waals surface area contributed by atoms with Gasteiger partial charge in [0.15, 0.2) is 0 Å². The number of hydrogen-bond donors (Lipinski definition) is 1. The van der Waals surface area contributed by atoms with E-state index in [0.29, 0.717) is 16.1 Å². The monoisotopic (exact) mass is 281 g/mol. The first kappa shape index (κ1) is 12.0. The molecule has 1 heterocycles. The molecule has 0 atom stereocenters. The van der Waals surface area contributed by atoms with Crippen LogP contribution in [0.3, 0.4) is 0 Å². The van der Waals surface area contributed by atoms with E-state index in [9.17, 15) is 0 Å². The fourth-order valence-corrected chi connectivity index (χ4v) is 2.25. The third-order valence-corrected chi connectivity index (χ3v) is 3.48. The second-order valence-corrected chi connectivity index (χ2v) is 5.39. The van der Waals surface area contributed by atoms with Crippen LogP contribution in [0, 0.1) is 0 Å². The highest BCUT2D eigenvalue weighted by atomic mass is 35.5. The summed E-state index contributed by atoms with van der Waals surface area (Å²) in [7, 11) is 0. The van der Waals surface area contributed by atoms with Crippen LogP contribution in [0.15, 0.2) is 30.6 Å². The molecule has 1 aromatic heterocycles. The van der Waals surface area contributed by atoms with Crippen molar-refractivity contribution in [2.45, 2.75) is 25.4 Å². The van der Waals surface area contributed by atoms with E-state index in [4.69, 9.17) is 23.2 Å². The molecule has 0 bridgehead atoms. The van der Waals surface area contributed by atoms with E-state index in [2.05, 4.69) is 16.5 Å². The third kappa shape index (κ3) is 2.69. The largest absolute Gasteiger partial charge is 0.310 e. The highest BCUT2D eigenvalue weighted by Crippen LogP contribution is 2.24. The smallest absolute Gasteiger partial charge is 0.0832 e. The molecule has 0 amide bonds. The second kappa shape index (κ2) is 4.92. The normalized spacial score (nSPS) is 15.0. The molecule has 0 saturated heterocycles. The van der Waals surface area contributed by atoms with E-state index in [-0.39, 0.29) is 0 Å². The van der Waals surface area contributed by atoms with Crippen LogP contribution in [-0.2, 0) is 6.54 Å². The number of halogens is 2. The summed E-state index contributed by atoms with van der Waals surface area (Å²) < 4.78 is 1.68. The van der Waals surface area contributed by atoms with E-state index in [1.807, 2.05) is 12.1 Å². The molecule has 94 valence electrons. The molecule has 1 aromatic carbocycles. The van der Waals surface area contributed by atoms with Crippen molar-refractivity contribution in [1.29, 1.82) is 0 Å². The molecule has 3 rings (SSSR count). The Hall–Kier alpha value is -1.03. The van der Waals surface area contributed by atoms with Gasteiger partial charge in [0, 0.05) is 18.8 Å². The summed E-state index contributed by atoms with van der Waals surface area (Å²) >= 11 is 12.1.